The van der Waals surface area contributed by atoms with Crippen LogP contribution in [-0.2, 0) is 0 Å². The Morgan fingerprint density at radius 3 is 2.24 bits per heavy atom. The van der Waals surface area contributed by atoms with Crippen molar-refractivity contribution in [3.63, 3.8) is 0 Å². The van der Waals surface area contributed by atoms with Crippen LogP contribution in [0.3, 0.4) is 0 Å². The highest BCUT2D eigenvalue weighted by molar-refractivity contribution is 6.35. The molecule has 1 amide bonds. The van der Waals surface area contributed by atoms with Crippen molar-refractivity contribution in [3.8, 4) is 0 Å². The van der Waals surface area contributed by atoms with Gasteiger partial charge in [0.15, 0.2) is 0 Å². The van der Waals surface area contributed by atoms with Gasteiger partial charge >= 0.3 is 0 Å². The fourth-order valence-electron chi connectivity index (χ4n) is 1.89. The van der Waals surface area contributed by atoms with Crippen molar-refractivity contribution in [2.75, 3.05) is 5.88 Å². The lowest BCUT2D eigenvalue weighted by molar-refractivity contribution is 0.0854. The van der Waals surface area contributed by atoms with E-state index in [2.05, 4.69) is 5.32 Å². The lowest BCUT2D eigenvalue weighted by Gasteiger charge is -2.41. The highest BCUT2D eigenvalue weighted by Gasteiger charge is 2.37. The van der Waals surface area contributed by atoms with Gasteiger partial charge in [-0.15, -0.1) is 11.6 Å². The smallest absolute Gasteiger partial charge is 0.251 e. The lowest BCUT2D eigenvalue weighted by Crippen LogP contribution is -2.55. The summed E-state index contributed by atoms with van der Waals surface area (Å²) in [5.74, 6) is 0.266. The molecular weight excluding hydrogens is 280 g/mol. The maximum Gasteiger partial charge on any atom is 0.251 e. The van der Waals surface area contributed by atoms with Gasteiger partial charge in [0, 0.05) is 21.5 Å². The Labute approximate surface area is 115 Å². The first kappa shape index (κ1) is 13.0. The highest BCUT2D eigenvalue weighted by atomic mass is 35.5. The summed E-state index contributed by atoms with van der Waals surface area (Å²) >= 11 is 17.6. The van der Waals surface area contributed by atoms with Gasteiger partial charge in [0.25, 0.3) is 5.91 Å². The van der Waals surface area contributed by atoms with Crippen LogP contribution in [0.4, 0.5) is 0 Å². The summed E-state index contributed by atoms with van der Waals surface area (Å²) in [6.45, 7) is 0. The second-order valence-corrected chi connectivity index (χ2v) is 5.52. The Morgan fingerprint density at radius 1 is 1.24 bits per heavy atom. The van der Waals surface area contributed by atoms with Gasteiger partial charge in [-0.1, -0.05) is 23.2 Å². The Bertz CT molecular complexity index is 418. The maximum absolute atomic E-state index is 12.0. The van der Waals surface area contributed by atoms with Gasteiger partial charge in [0.2, 0.25) is 0 Å². The van der Waals surface area contributed by atoms with Gasteiger partial charge in [0.1, 0.15) is 0 Å². The molecule has 0 atom stereocenters. The van der Waals surface area contributed by atoms with Crippen molar-refractivity contribution in [2.24, 2.45) is 0 Å². The first-order valence-corrected chi connectivity index (χ1v) is 6.68. The van der Waals surface area contributed by atoms with Crippen LogP contribution in [0.5, 0.6) is 0 Å². The monoisotopic (exact) mass is 291 g/mol. The second-order valence-electron chi connectivity index (χ2n) is 4.38. The maximum atomic E-state index is 12.0. The predicted molar refractivity (Wildman–Crippen MR) is 71.2 cm³/mol. The molecule has 1 aromatic rings. The van der Waals surface area contributed by atoms with Gasteiger partial charge in [-0.25, -0.2) is 0 Å². The third-order valence-corrected chi connectivity index (χ3v) is 4.02. The van der Waals surface area contributed by atoms with E-state index in [1.165, 1.54) is 0 Å². The molecule has 2 nitrogen and oxygen atoms in total. The third-order valence-electron chi connectivity index (χ3n) is 3.07. The van der Waals surface area contributed by atoms with E-state index >= 15 is 0 Å². The molecule has 0 unspecified atom stereocenters. The van der Waals surface area contributed by atoms with Crippen molar-refractivity contribution in [1.29, 1.82) is 0 Å². The van der Waals surface area contributed by atoms with E-state index in [0.717, 1.165) is 19.3 Å². The number of carbonyl (C=O) groups is 1. The van der Waals surface area contributed by atoms with E-state index in [0.29, 0.717) is 21.5 Å². The molecule has 17 heavy (non-hydrogen) atoms. The van der Waals surface area contributed by atoms with Gasteiger partial charge < -0.3 is 5.32 Å². The molecule has 5 heteroatoms. The lowest BCUT2D eigenvalue weighted by atomic mass is 9.78. The molecule has 0 spiro atoms. The minimum Gasteiger partial charge on any atom is -0.345 e. The van der Waals surface area contributed by atoms with Gasteiger partial charge in [-0.3, -0.25) is 4.79 Å². The summed E-state index contributed by atoms with van der Waals surface area (Å²) in [5, 5.41) is 3.87. The van der Waals surface area contributed by atoms with E-state index in [1.807, 2.05) is 0 Å². The number of hydrogen-bond donors (Lipinski definition) is 1. The molecule has 92 valence electrons. The highest BCUT2D eigenvalue weighted by Crippen LogP contribution is 2.33. The molecule has 0 bridgehead atoms. The molecular formula is C12H12Cl3NO. The topological polar surface area (TPSA) is 29.1 Å². The minimum absolute atomic E-state index is 0.172. The average molecular weight is 293 g/mol. The molecule has 0 radical (unpaired) electrons. The third kappa shape index (κ3) is 2.87. The van der Waals surface area contributed by atoms with E-state index in [4.69, 9.17) is 34.8 Å². The summed E-state index contributed by atoms with van der Waals surface area (Å²) in [5.41, 5.74) is 0.229. The molecule has 1 saturated carbocycles. The first-order valence-electron chi connectivity index (χ1n) is 5.39. The van der Waals surface area contributed by atoms with Crippen molar-refractivity contribution >= 4 is 40.7 Å². The summed E-state index contributed by atoms with van der Waals surface area (Å²) in [4.78, 5) is 12.0. The van der Waals surface area contributed by atoms with Gasteiger partial charge in [-0.05, 0) is 37.5 Å². The molecule has 1 aliphatic carbocycles. The fourth-order valence-corrected chi connectivity index (χ4v) is 2.75. The quantitative estimate of drug-likeness (QED) is 0.842. The predicted octanol–water partition coefficient (Wildman–Crippen LogP) is 3.88. The molecule has 1 aliphatic rings. The molecule has 0 saturated heterocycles. The van der Waals surface area contributed by atoms with Gasteiger partial charge in [0.05, 0.1) is 5.54 Å². The minimum atomic E-state index is -0.243. The largest absolute Gasteiger partial charge is 0.345 e. The van der Waals surface area contributed by atoms with Crippen molar-refractivity contribution in [2.45, 2.75) is 24.8 Å². The second kappa shape index (κ2) is 5.05. The Kier molecular flexibility index (Phi) is 3.86. The van der Waals surface area contributed by atoms with E-state index in [1.54, 1.807) is 18.2 Å². The molecule has 1 fully saturated rings. The number of amides is 1. The standard InChI is InChI=1S/C12H12Cl3NO/c13-7-12(2-1-3-12)16-11(17)8-4-9(14)6-10(15)5-8/h4-6H,1-3,7H2,(H,16,17). The van der Waals surface area contributed by atoms with Crippen molar-refractivity contribution in [1.82, 2.24) is 5.32 Å². The van der Waals surface area contributed by atoms with E-state index < -0.39 is 0 Å². The van der Waals surface area contributed by atoms with Crippen LogP contribution < -0.4 is 5.32 Å². The Hall–Kier alpha value is -0.440. The normalized spacial score (nSPS) is 17.4. The SMILES string of the molecule is O=C(NC1(CCl)CCC1)c1cc(Cl)cc(Cl)c1. The summed E-state index contributed by atoms with van der Waals surface area (Å²) in [6, 6.07) is 4.80. The zero-order valence-electron chi connectivity index (χ0n) is 9.10. The van der Waals surface area contributed by atoms with Crippen LogP contribution in [-0.4, -0.2) is 17.3 Å². The number of benzene rings is 1. The molecule has 0 heterocycles. The van der Waals surface area contributed by atoms with Crippen LogP contribution in [0.2, 0.25) is 10.0 Å². The molecule has 2 rings (SSSR count). The van der Waals surface area contributed by atoms with Crippen LogP contribution in [0.1, 0.15) is 29.6 Å². The summed E-state index contributed by atoms with van der Waals surface area (Å²) in [7, 11) is 0. The summed E-state index contributed by atoms with van der Waals surface area (Å²) < 4.78 is 0. The number of rotatable bonds is 3. The molecule has 0 aromatic heterocycles. The molecule has 1 N–H and O–H groups in total. The van der Waals surface area contributed by atoms with Crippen LogP contribution >= 0.6 is 34.8 Å². The zero-order valence-corrected chi connectivity index (χ0v) is 11.4. The van der Waals surface area contributed by atoms with E-state index in [-0.39, 0.29) is 11.4 Å². The Morgan fingerprint density at radius 2 is 1.82 bits per heavy atom. The number of halogens is 3. The number of alkyl halides is 1. The van der Waals surface area contributed by atoms with Crippen LogP contribution in [0.15, 0.2) is 18.2 Å². The number of hydrogen-bond acceptors (Lipinski definition) is 1. The van der Waals surface area contributed by atoms with Crippen molar-refractivity contribution < 1.29 is 4.79 Å². The van der Waals surface area contributed by atoms with Gasteiger partial charge in [-0.2, -0.15) is 0 Å². The average Bonchev–Trinajstić information content (AvgIpc) is 2.21. The molecule has 0 aliphatic heterocycles. The zero-order chi connectivity index (χ0) is 12.5. The molecule has 1 aromatic carbocycles. The van der Waals surface area contributed by atoms with E-state index in [9.17, 15) is 4.79 Å². The van der Waals surface area contributed by atoms with Crippen molar-refractivity contribution in [3.05, 3.63) is 33.8 Å². The number of carbonyl (C=O) groups excluding carboxylic acids is 1. The summed E-state index contributed by atoms with van der Waals surface area (Å²) in [6.07, 6.45) is 2.95. The van der Waals surface area contributed by atoms with Crippen LogP contribution in [0.25, 0.3) is 0 Å². The fraction of sp³-hybridized carbons (Fsp3) is 0.417. The van der Waals surface area contributed by atoms with Crippen LogP contribution in [0, 0.1) is 0 Å². The number of nitrogens with one attached hydrogen (secondary N) is 1. The Balaban J connectivity index is 2.14. The first-order chi connectivity index (χ1) is 8.04.